The predicted octanol–water partition coefficient (Wildman–Crippen LogP) is 3.04. The minimum absolute atomic E-state index is 0. The van der Waals surface area contributed by atoms with Gasteiger partial charge in [0.2, 0.25) is 5.82 Å². The number of halogens is 5. The van der Waals surface area contributed by atoms with Crippen molar-refractivity contribution in [2.75, 3.05) is 0 Å². The zero-order valence-corrected chi connectivity index (χ0v) is 10.8. The number of alkyl halides is 3. The van der Waals surface area contributed by atoms with E-state index in [0.717, 1.165) is 6.07 Å². The molecule has 4 nitrogen and oxygen atoms in total. The van der Waals surface area contributed by atoms with Gasteiger partial charge in [0.25, 0.3) is 0 Å². The lowest BCUT2D eigenvalue weighted by atomic mass is 10.1. The monoisotopic (exact) mass is 313 g/mol. The minimum Gasteiger partial charge on any atom is -0.331 e. The van der Waals surface area contributed by atoms with Gasteiger partial charge < -0.3 is 10.3 Å². The summed E-state index contributed by atoms with van der Waals surface area (Å²) in [7, 11) is 0. The Labute approximate surface area is 117 Å². The molecule has 0 bridgehead atoms. The second-order valence-electron chi connectivity index (χ2n) is 3.43. The fraction of sp³-hybridized carbons (Fsp3) is 0.200. The van der Waals surface area contributed by atoms with E-state index in [-0.39, 0.29) is 30.3 Å². The largest absolute Gasteiger partial charge is 0.400 e. The third kappa shape index (κ3) is 3.37. The van der Waals surface area contributed by atoms with E-state index in [1.165, 1.54) is 12.1 Å². The van der Waals surface area contributed by atoms with E-state index in [9.17, 15) is 13.2 Å². The first-order chi connectivity index (χ1) is 8.41. The van der Waals surface area contributed by atoms with Gasteiger partial charge in [0.1, 0.15) is 5.82 Å². The number of hydrogen-bond acceptors (Lipinski definition) is 4. The SMILES string of the molecule is Cl.NCc1ccc(-c2noc(C(F)(F)Cl)n2)cc1F. The molecule has 0 unspecified atom stereocenters. The van der Waals surface area contributed by atoms with E-state index in [0.29, 0.717) is 5.56 Å². The summed E-state index contributed by atoms with van der Waals surface area (Å²) in [4.78, 5) is 3.39. The second kappa shape index (κ2) is 5.77. The molecule has 0 amide bonds. The van der Waals surface area contributed by atoms with Gasteiger partial charge in [-0.1, -0.05) is 17.3 Å². The topological polar surface area (TPSA) is 64.9 Å². The Balaban J connectivity index is 0.00000180. The van der Waals surface area contributed by atoms with Crippen LogP contribution in [0.2, 0.25) is 0 Å². The number of hydrogen-bond donors (Lipinski definition) is 1. The number of rotatable bonds is 3. The molecule has 0 aliphatic heterocycles. The maximum atomic E-state index is 13.4. The summed E-state index contributed by atoms with van der Waals surface area (Å²) in [5.41, 5.74) is 5.79. The van der Waals surface area contributed by atoms with E-state index in [1.807, 2.05) is 0 Å². The van der Waals surface area contributed by atoms with Gasteiger partial charge in [-0.2, -0.15) is 13.8 Å². The summed E-state index contributed by atoms with van der Waals surface area (Å²) in [6, 6.07) is 3.95. The predicted molar refractivity (Wildman–Crippen MR) is 64.6 cm³/mol. The Kier molecular flexibility index (Phi) is 4.78. The molecule has 9 heteroatoms. The normalized spacial score (nSPS) is 11.2. The van der Waals surface area contributed by atoms with Gasteiger partial charge in [0.15, 0.2) is 0 Å². The summed E-state index contributed by atoms with van der Waals surface area (Å²) in [5, 5.41) is -0.448. The molecule has 104 valence electrons. The van der Waals surface area contributed by atoms with Crippen molar-refractivity contribution in [2.24, 2.45) is 5.73 Å². The highest BCUT2D eigenvalue weighted by Crippen LogP contribution is 2.32. The van der Waals surface area contributed by atoms with E-state index < -0.39 is 17.1 Å². The summed E-state index contributed by atoms with van der Waals surface area (Å²) in [6.45, 7) is 0.0311. The molecule has 1 heterocycles. The zero-order chi connectivity index (χ0) is 13.3. The highest BCUT2D eigenvalue weighted by molar-refractivity contribution is 6.21. The van der Waals surface area contributed by atoms with Crippen LogP contribution in [0.15, 0.2) is 22.7 Å². The Bertz CT molecular complexity index is 571. The highest BCUT2D eigenvalue weighted by atomic mass is 35.5. The lowest BCUT2D eigenvalue weighted by molar-refractivity contribution is 0.0551. The molecule has 0 aliphatic carbocycles. The molecule has 2 aromatic rings. The first-order valence-electron chi connectivity index (χ1n) is 4.81. The molecule has 0 atom stereocenters. The maximum absolute atomic E-state index is 13.4. The van der Waals surface area contributed by atoms with Gasteiger partial charge >= 0.3 is 11.3 Å². The quantitative estimate of drug-likeness (QED) is 0.884. The molecular formula is C10H8Cl2F3N3O. The standard InChI is InChI=1S/C10H7ClF3N3O.ClH/c11-10(13,14)9-16-8(17-18-9)5-1-2-6(4-15)7(12)3-5;/h1-3H,4,15H2;1H. The van der Waals surface area contributed by atoms with Crippen molar-refractivity contribution in [3.05, 3.63) is 35.5 Å². The fourth-order valence-electron chi connectivity index (χ4n) is 1.31. The lowest BCUT2D eigenvalue weighted by Crippen LogP contribution is -2.03. The second-order valence-corrected chi connectivity index (χ2v) is 3.91. The molecule has 19 heavy (non-hydrogen) atoms. The molecule has 0 aliphatic rings. The van der Waals surface area contributed by atoms with Crippen molar-refractivity contribution in [1.29, 1.82) is 0 Å². The van der Waals surface area contributed by atoms with E-state index >= 15 is 0 Å². The van der Waals surface area contributed by atoms with Gasteiger partial charge in [-0.3, -0.25) is 0 Å². The Hall–Kier alpha value is -1.31. The van der Waals surface area contributed by atoms with Crippen LogP contribution in [-0.4, -0.2) is 10.1 Å². The van der Waals surface area contributed by atoms with Crippen molar-refractivity contribution < 1.29 is 17.7 Å². The molecular weight excluding hydrogens is 306 g/mol. The van der Waals surface area contributed by atoms with Crippen molar-refractivity contribution in [3.63, 3.8) is 0 Å². The molecule has 1 aromatic heterocycles. The summed E-state index contributed by atoms with van der Waals surface area (Å²) < 4.78 is 43.0. The van der Waals surface area contributed by atoms with Crippen LogP contribution in [0.4, 0.5) is 13.2 Å². The van der Waals surface area contributed by atoms with Crippen LogP contribution < -0.4 is 5.73 Å². The van der Waals surface area contributed by atoms with Gasteiger partial charge in [-0.15, -0.1) is 12.4 Å². The number of benzene rings is 1. The van der Waals surface area contributed by atoms with Crippen LogP contribution in [0.1, 0.15) is 11.5 Å². The van der Waals surface area contributed by atoms with Crippen molar-refractivity contribution >= 4 is 24.0 Å². The van der Waals surface area contributed by atoms with Crippen molar-refractivity contribution in [2.45, 2.75) is 11.9 Å². The Morgan fingerprint density at radius 3 is 2.53 bits per heavy atom. The maximum Gasteiger partial charge on any atom is 0.400 e. The molecule has 2 N–H and O–H groups in total. The molecule has 1 aromatic carbocycles. The first kappa shape index (κ1) is 15.7. The molecule has 2 rings (SSSR count). The van der Waals surface area contributed by atoms with Gasteiger partial charge in [0, 0.05) is 17.7 Å². The zero-order valence-electron chi connectivity index (χ0n) is 9.24. The average molecular weight is 314 g/mol. The molecule has 0 saturated carbocycles. The number of nitrogens with zero attached hydrogens (tertiary/aromatic N) is 2. The fourth-order valence-corrected chi connectivity index (χ4v) is 1.38. The van der Waals surface area contributed by atoms with Crippen LogP contribution in [0.3, 0.4) is 0 Å². The molecule has 0 radical (unpaired) electrons. The van der Waals surface area contributed by atoms with Gasteiger partial charge in [-0.05, 0) is 17.7 Å². The van der Waals surface area contributed by atoms with Crippen molar-refractivity contribution in [1.82, 2.24) is 10.1 Å². The summed E-state index contributed by atoms with van der Waals surface area (Å²) >= 11 is 4.72. The lowest BCUT2D eigenvalue weighted by Gasteiger charge is -2.01. The van der Waals surface area contributed by atoms with Crippen LogP contribution in [0.25, 0.3) is 11.4 Å². The average Bonchev–Trinajstić information content (AvgIpc) is 2.77. The third-order valence-corrected chi connectivity index (χ3v) is 2.36. The van der Waals surface area contributed by atoms with E-state index in [2.05, 4.69) is 14.7 Å². The van der Waals surface area contributed by atoms with E-state index in [4.69, 9.17) is 17.3 Å². The highest BCUT2D eigenvalue weighted by Gasteiger charge is 2.35. The first-order valence-corrected chi connectivity index (χ1v) is 5.19. The summed E-state index contributed by atoms with van der Waals surface area (Å²) in [6.07, 6.45) is 0. The van der Waals surface area contributed by atoms with Crippen LogP contribution >= 0.6 is 24.0 Å². The van der Waals surface area contributed by atoms with Gasteiger partial charge in [0.05, 0.1) is 0 Å². The van der Waals surface area contributed by atoms with Crippen LogP contribution in [-0.2, 0) is 11.9 Å². The molecule has 0 fully saturated rings. The number of nitrogens with two attached hydrogens (primary N) is 1. The van der Waals surface area contributed by atoms with Crippen molar-refractivity contribution in [3.8, 4) is 11.4 Å². The van der Waals surface area contributed by atoms with Gasteiger partial charge in [-0.25, -0.2) is 4.39 Å². The number of aromatic nitrogens is 2. The van der Waals surface area contributed by atoms with Crippen LogP contribution in [0.5, 0.6) is 0 Å². The van der Waals surface area contributed by atoms with Crippen LogP contribution in [0, 0.1) is 5.82 Å². The molecule has 0 saturated heterocycles. The smallest absolute Gasteiger partial charge is 0.331 e. The third-order valence-electron chi connectivity index (χ3n) is 2.20. The Morgan fingerprint density at radius 1 is 1.37 bits per heavy atom. The minimum atomic E-state index is -3.75. The summed E-state index contributed by atoms with van der Waals surface area (Å²) in [5.74, 6) is -1.78. The molecule has 0 spiro atoms. The Morgan fingerprint density at radius 2 is 2.05 bits per heavy atom. The van der Waals surface area contributed by atoms with E-state index in [1.54, 1.807) is 0 Å².